The van der Waals surface area contributed by atoms with Crippen molar-refractivity contribution in [3.05, 3.63) is 89.2 Å². The monoisotopic (exact) mass is 502 g/mol. The molecular weight excluding hydrogens is 476 g/mol. The number of aromatic nitrogens is 1. The molecule has 0 unspecified atom stereocenters. The number of amides is 1. The number of aromatic amines is 1. The van der Waals surface area contributed by atoms with Gasteiger partial charge in [0.15, 0.2) is 23.0 Å². The van der Waals surface area contributed by atoms with E-state index in [9.17, 15) is 14.7 Å². The van der Waals surface area contributed by atoms with Crippen molar-refractivity contribution in [2.75, 3.05) is 27.9 Å². The van der Waals surface area contributed by atoms with Crippen LogP contribution in [0.25, 0.3) is 10.9 Å². The number of ether oxygens (including phenoxy) is 3. The normalized spacial score (nSPS) is 15.5. The second kappa shape index (κ2) is 9.77. The van der Waals surface area contributed by atoms with Crippen LogP contribution in [0.15, 0.2) is 76.7 Å². The van der Waals surface area contributed by atoms with Crippen LogP contribution in [0.2, 0.25) is 0 Å². The number of furan rings is 1. The van der Waals surface area contributed by atoms with Crippen LogP contribution in [0.5, 0.6) is 17.2 Å². The van der Waals surface area contributed by atoms with Crippen molar-refractivity contribution in [3.63, 3.8) is 0 Å². The molecule has 1 aliphatic rings. The molecule has 1 atom stereocenters. The number of nitrogens with zero attached hydrogens (tertiary/aromatic N) is 1. The summed E-state index contributed by atoms with van der Waals surface area (Å²) in [6, 6.07) is 13.1. The van der Waals surface area contributed by atoms with Gasteiger partial charge in [0.2, 0.25) is 5.78 Å². The summed E-state index contributed by atoms with van der Waals surface area (Å²) < 4.78 is 21.5. The SMILES string of the molecule is COc1ccc2[nH]cc(CCN3C(=O)C(O)=C(C(=O)c4ccco4)[C@H]3c3ccc(OC)c(OC)c3)c2c1. The summed E-state index contributed by atoms with van der Waals surface area (Å²) in [4.78, 5) is 31.4. The van der Waals surface area contributed by atoms with E-state index in [0.29, 0.717) is 23.5 Å². The van der Waals surface area contributed by atoms with Crippen LogP contribution < -0.4 is 14.2 Å². The minimum atomic E-state index is -0.857. The number of methoxy groups -OCH3 is 3. The van der Waals surface area contributed by atoms with E-state index < -0.39 is 23.5 Å². The van der Waals surface area contributed by atoms with Crippen molar-refractivity contribution in [2.45, 2.75) is 12.5 Å². The zero-order valence-electron chi connectivity index (χ0n) is 20.6. The van der Waals surface area contributed by atoms with Gasteiger partial charge in [0, 0.05) is 23.6 Å². The lowest BCUT2D eigenvalue weighted by Crippen LogP contribution is -2.33. The number of nitrogens with one attached hydrogen (secondary N) is 1. The first-order valence-electron chi connectivity index (χ1n) is 11.6. The smallest absolute Gasteiger partial charge is 0.290 e. The zero-order valence-corrected chi connectivity index (χ0v) is 20.6. The predicted octanol–water partition coefficient (Wildman–Crippen LogP) is 4.61. The number of carbonyl (C=O) groups excluding carboxylic acids is 2. The summed E-state index contributed by atoms with van der Waals surface area (Å²) in [6.45, 7) is 0.237. The summed E-state index contributed by atoms with van der Waals surface area (Å²) >= 11 is 0. The lowest BCUT2D eigenvalue weighted by Gasteiger charge is -2.27. The van der Waals surface area contributed by atoms with E-state index in [-0.39, 0.29) is 17.9 Å². The molecule has 0 bridgehead atoms. The van der Waals surface area contributed by atoms with Gasteiger partial charge in [-0.25, -0.2) is 0 Å². The van der Waals surface area contributed by atoms with E-state index in [1.54, 1.807) is 31.4 Å². The third-order valence-corrected chi connectivity index (χ3v) is 6.61. The van der Waals surface area contributed by atoms with E-state index in [1.807, 2.05) is 24.4 Å². The van der Waals surface area contributed by atoms with E-state index in [0.717, 1.165) is 22.2 Å². The van der Waals surface area contributed by atoms with Crippen molar-refractivity contribution in [1.82, 2.24) is 9.88 Å². The Morgan fingerprint density at radius 3 is 2.57 bits per heavy atom. The van der Waals surface area contributed by atoms with Gasteiger partial charge in [-0.3, -0.25) is 9.59 Å². The molecule has 0 saturated carbocycles. The topological polar surface area (TPSA) is 114 Å². The lowest BCUT2D eigenvalue weighted by molar-refractivity contribution is -0.129. The minimum Gasteiger partial charge on any atom is -0.503 e. The highest BCUT2D eigenvalue weighted by molar-refractivity contribution is 6.15. The van der Waals surface area contributed by atoms with Crippen molar-refractivity contribution in [3.8, 4) is 17.2 Å². The van der Waals surface area contributed by atoms with Crippen molar-refractivity contribution in [1.29, 1.82) is 0 Å². The molecule has 9 nitrogen and oxygen atoms in total. The van der Waals surface area contributed by atoms with Crippen LogP contribution in [0.1, 0.15) is 27.7 Å². The molecule has 0 aliphatic carbocycles. The zero-order chi connectivity index (χ0) is 26.1. The average molecular weight is 503 g/mol. The third kappa shape index (κ3) is 4.18. The van der Waals surface area contributed by atoms with Gasteiger partial charge in [0.05, 0.1) is 39.2 Å². The fourth-order valence-electron chi connectivity index (χ4n) is 4.76. The number of benzene rings is 2. The van der Waals surface area contributed by atoms with Crippen LogP contribution in [0.3, 0.4) is 0 Å². The van der Waals surface area contributed by atoms with Crippen LogP contribution in [-0.4, -0.2) is 54.6 Å². The van der Waals surface area contributed by atoms with Gasteiger partial charge in [-0.05, 0) is 60.0 Å². The Morgan fingerprint density at radius 2 is 1.86 bits per heavy atom. The standard InChI is InChI=1S/C28H26N2O7/c1-34-18-7-8-20-19(14-18)17(15-29-20)10-11-30-25(16-6-9-21(35-2)23(13-16)36-3)24(27(32)28(30)33)26(31)22-5-4-12-37-22/h4-9,12-15,25,29,32H,10-11H2,1-3H3/t25-/m1/s1. The van der Waals surface area contributed by atoms with Gasteiger partial charge in [0.25, 0.3) is 5.91 Å². The van der Waals surface area contributed by atoms with E-state index in [2.05, 4.69) is 4.98 Å². The lowest BCUT2D eigenvalue weighted by atomic mass is 9.94. The largest absolute Gasteiger partial charge is 0.503 e. The molecule has 0 spiro atoms. The van der Waals surface area contributed by atoms with Crippen molar-refractivity contribution in [2.24, 2.45) is 0 Å². The summed E-state index contributed by atoms with van der Waals surface area (Å²) in [5, 5.41) is 11.9. The molecule has 190 valence electrons. The second-order valence-electron chi connectivity index (χ2n) is 8.56. The summed E-state index contributed by atoms with van der Waals surface area (Å²) in [5.74, 6) is -0.0945. The maximum atomic E-state index is 13.4. The first-order valence-corrected chi connectivity index (χ1v) is 11.6. The third-order valence-electron chi connectivity index (χ3n) is 6.61. The molecular formula is C28H26N2O7. The number of aliphatic hydroxyl groups excluding tert-OH is 1. The Labute approximate surface area is 212 Å². The van der Waals surface area contributed by atoms with E-state index >= 15 is 0 Å². The average Bonchev–Trinajstić information content (AvgIpc) is 3.66. The number of hydrogen-bond acceptors (Lipinski definition) is 7. The van der Waals surface area contributed by atoms with Crippen molar-refractivity contribution >= 4 is 22.6 Å². The predicted molar refractivity (Wildman–Crippen MR) is 135 cm³/mol. The minimum absolute atomic E-state index is 0.0328. The fraction of sp³-hybridized carbons (Fsp3) is 0.214. The number of aliphatic hydroxyl groups is 1. The number of ketones is 1. The van der Waals surface area contributed by atoms with Crippen molar-refractivity contribution < 1.29 is 33.3 Å². The number of hydrogen-bond donors (Lipinski definition) is 2. The molecule has 0 fully saturated rings. The maximum absolute atomic E-state index is 13.4. The molecule has 2 N–H and O–H groups in total. The molecule has 0 radical (unpaired) electrons. The molecule has 4 aromatic rings. The van der Waals surface area contributed by atoms with Gasteiger partial charge >= 0.3 is 0 Å². The van der Waals surface area contributed by atoms with Crippen LogP contribution >= 0.6 is 0 Å². The summed E-state index contributed by atoms with van der Waals surface area (Å²) in [6.07, 6.45) is 3.73. The van der Waals surface area contributed by atoms with Gasteiger partial charge in [-0.15, -0.1) is 0 Å². The second-order valence-corrected chi connectivity index (χ2v) is 8.56. The molecule has 3 heterocycles. The molecule has 1 aliphatic heterocycles. The Kier molecular flexibility index (Phi) is 6.35. The maximum Gasteiger partial charge on any atom is 0.290 e. The Hall–Kier alpha value is -4.66. The fourth-order valence-corrected chi connectivity index (χ4v) is 4.76. The Morgan fingerprint density at radius 1 is 1.05 bits per heavy atom. The number of carbonyl (C=O) groups is 2. The van der Waals surface area contributed by atoms with E-state index in [4.69, 9.17) is 18.6 Å². The first kappa shape index (κ1) is 24.1. The van der Waals surface area contributed by atoms with Crippen LogP contribution in [0, 0.1) is 0 Å². The molecule has 37 heavy (non-hydrogen) atoms. The molecule has 5 rings (SSSR count). The van der Waals surface area contributed by atoms with Crippen LogP contribution in [0.4, 0.5) is 0 Å². The van der Waals surface area contributed by atoms with Gasteiger partial charge < -0.3 is 33.6 Å². The first-order chi connectivity index (χ1) is 18.0. The number of H-pyrrole nitrogens is 1. The highest BCUT2D eigenvalue weighted by Crippen LogP contribution is 2.42. The molecule has 2 aromatic heterocycles. The Bertz CT molecular complexity index is 1500. The van der Waals surface area contributed by atoms with Crippen LogP contribution in [-0.2, 0) is 11.2 Å². The molecule has 9 heteroatoms. The molecule has 0 saturated heterocycles. The molecule has 2 aromatic carbocycles. The number of fused-ring (bicyclic) bond motifs is 1. The number of rotatable bonds is 9. The summed E-state index contributed by atoms with van der Waals surface area (Å²) in [7, 11) is 4.64. The highest BCUT2D eigenvalue weighted by Gasteiger charge is 2.44. The summed E-state index contributed by atoms with van der Waals surface area (Å²) in [5.41, 5.74) is 2.45. The highest BCUT2D eigenvalue weighted by atomic mass is 16.5. The van der Waals surface area contributed by atoms with E-state index in [1.165, 1.54) is 31.4 Å². The van der Waals surface area contributed by atoms with Gasteiger partial charge in [-0.1, -0.05) is 6.07 Å². The van der Waals surface area contributed by atoms with Gasteiger partial charge in [0.1, 0.15) is 5.75 Å². The Balaban J connectivity index is 1.54. The molecule has 1 amide bonds. The van der Waals surface area contributed by atoms with Gasteiger partial charge in [-0.2, -0.15) is 0 Å². The quantitative estimate of drug-likeness (QED) is 0.321. The number of Topliss-reactive ketones (excluding diaryl/α,β-unsaturated/α-hetero) is 1.